The quantitative estimate of drug-likeness (QED) is 0.851. The van der Waals surface area contributed by atoms with Gasteiger partial charge in [0.15, 0.2) is 0 Å². The molecule has 0 fully saturated rings. The van der Waals surface area contributed by atoms with Crippen molar-refractivity contribution < 1.29 is 5.11 Å². The number of thiophene rings is 1. The van der Waals surface area contributed by atoms with E-state index in [0.29, 0.717) is 6.54 Å². The van der Waals surface area contributed by atoms with Gasteiger partial charge in [-0.1, -0.05) is 36.4 Å². The number of nitrogens with one attached hydrogen (secondary N) is 1. The molecule has 0 spiro atoms. The van der Waals surface area contributed by atoms with Crippen molar-refractivity contribution in [3.8, 4) is 0 Å². The molecule has 0 amide bonds. The van der Waals surface area contributed by atoms with E-state index in [2.05, 4.69) is 17.4 Å². The zero-order valence-corrected chi connectivity index (χ0v) is 10.7. The predicted molar refractivity (Wildman–Crippen MR) is 72.0 cm³/mol. The maximum Gasteiger partial charge on any atom is 0.108 e. The number of rotatable bonds is 5. The van der Waals surface area contributed by atoms with Crippen LogP contribution in [-0.2, 0) is 12.1 Å². The van der Waals surface area contributed by atoms with Gasteiger partial charge in [0, 0.05) is 18.0 Å². The molecule has 17 heavy (non-hydrogen) atoms. The van der Waals surface area contributed by atoms with Gasteiger partial charge in [0.2, 0.25) is 0 Å². The van der Waals surface area contributed by atoms with E-state index in [9.17, 15) is 5.11 Å². The summed E-state index contributed by atoms with van der Waals surface area (Å²) in [5.74, 6) is 0. The number of aliphatic hydroxyl groups is 1. The van der Waals surface area contributed by atoms with Crippen LogP contribution in [0.1, 0.15) is 17.4 Å². The van der Waals surface area contributed by atoms with E-state index in [1.807, 2.05) is 42.6 Å². The Hall–Kier alpha value is -1.16. The van der Waals surface area contributed by atoms with Crippen molar-refractivity contribution in [2.75, 3.05) is 6.54 Å². The summed E-state index contributed by atoms with van der Waals surface area (Å²) in [4.78, 5) is 0.998. The van der Waals surface area contributed by atoms with Crippen molar-refractivity contribution in [2.24, 2.45) is 0 Å². The fraction of sp³-hybridized carbons (Fsp3) is 0.286. The van der Waals surface area contributed by atoms with Gasteiger partial charge in [0.1, 0.15) is 5.60 Å². The maximum absolute atomic E-state index is 10.3. The van der Waals surface area contributed by atoms with E-state index >= 15 is 0 Å². The normalized spacial score (nSPS) is 14.5. The molecule has 0 saturated heterocycles. The molecule has 3 heteroatoms. The van der Waals surface area contributed by atoms with Gasteiger partial charge < -0.3 is 10.4 Å². The van der Waals surface area contributed by atoms with Gasteiger partial charge in [-0.25, -0.2) is 0 Å². The first-order chi connectivity index (χ1) is 8.18. The number of hydrogen-bond donors (Lipinski definition) is 2. The SMILES string of the molecule is CC(O)(CNCc1ccccc1)c1cccs1. The summed E-state index contributed by atoms with van der Waals surface area (Å²) in [6.07, 6.45) is 0. The molecule has 2 aromatic rings. The van der Waals surface area contributed by atoms with E-state index in [1.165, 1.54) is 5.56 Å². The Morgan fingerprint density at radius 1 is 1.18 bits per heavy atom. The van der Waals surface area contributed by atoms with Crippen molar-refractivity contribution >= 4 is 11.3 Å². The lowest BCUT2D eigenvalue weighted by molar-refractivity contribution is 0.0604. The smallest absolute Gasteiger partial charge is 0.108 e. The van der Waals surface area contributed by atoms with Crippen molar-refractivity contribution in [1.82, 2.24) is 5.32 Å². The molecule has 0 aliphatic rings. The highest BCUT2D eigenvalue weighted by Crippen LogP contribution is 2.24. The maximum atomic E-state index is 10.3. The van der Waals surface area contributed by atoms with Gasteiger partial charge in [0.05, 0.1) is 0 Å². The topological polar surface area (TPSA) is 32.3 Å². The summed E-state index contributed by atoms with van der Waals surface area (Å²) in [5.41, 5.74) is 0.442. The van der Waals surface area contributed by atoms with Gasteiger partial charge in [-0.2, -0.15) is 0 Å². The lowest BCUT2D eigenvalue weighted by Gasteiger charge is -2.22. The van der Waals surface area contributed by atoms with Crippen molar-refractivity contribution in [3.05, 3.63) is 58.3 Å². The summed E-state index contributed by atoms with van der Waals surface area (Å²) >= 11 is 1.59. The number of hydrogen-bond acceptors (Lipinski definition) is 3. The van der Waals surface area contributed by atoms with Crippen molar-refractivity contribution in [3.63, 3.8) is 0 Å². The lowest BCUT2D eigenvalue weighted by Crippen LogP contribution is -2.34. The molecule has 0 aliphatic carbocycles. The van der Waals surface area contributed by atoms with Crippen LogP contribution in [0.5, 0.6) is 0 Å². The minimum Gasteiger partial charge on any atom is -0.383 e. The molecule has 90 valence electrons. The molecule has 1 unspecified atom stereocenters. The average Bonchev–Trinajstić information content (AvgIpc) is 2.84. The average molecular weight is 247 g/mol. The van der Waals surface area contributed by atoms with Gasteiger partial charge in [0.25, 0.3) is 0 Å². The van der Waals surface area contributed by atoms with E-state index in [-0.39, 0.29) is 0 Å². The van der Waals surface area contributed by atoms with Gasteiger partial charge in [-0.05, 0) is 23.9 Å². The molecule has 1 aromatic heterocycles. The molecule has 2 nitrogen and oxygen atoms in total. The molecule has 1 heterocycles. The molecule has 0 saturated carbocycles. The molecule has 2 N–H and O–H groups in total. The Labute approximate surface area is 106 Å². The highest BCUT2D eigenvalue weighted by atomic mass is 32.1. The summed E-state index contributed by atoms with van der Waals surface area (Å²) in [6, 6.07) is 14.1. The summed E-state index contributed by atoms with van der Waals surface area (Å²) in [7, 11) is 0. The Kier molecular flexibility index (Phi) is 3.94. The Morgan fingerprint density at radius 2 is 1.94 bits per heavy atom. The van der Waals surface area contributed by atoms with Gasteiger partial charge in [-0.15, -0.1) is 11.3 Å². The molecular formula is C14H17NOS. The van der Waals surface area contributed by atoms with Crippen LogP contribution >= 0.6 is 11.3 Å². The van der Waals surface area contributed by atoms with Crippen LogP contribution in [0, 0.1) is 0 Å². The molecule has 1 aromatic carbocycles. The van der Waals surface area contributed by atoms with Crippen LogP contribution in [-0.4, -0.2) is 11.7 Å². The standard InChI is InChI=1S/C14H17NOS/c1-14(16,13-8-5-9-17-13)11-15-10-12-6-3-2-4-7-12/h2-9,15-16H,10-11H2,1H3. The Morgan fingerprint density at radius 3 is 2.59 bits per heavy atom. The first-order valence-corrected chi connectivity index (χ1v) is 6.57. The molecule has 0 bridgehead atoms. The zero-order valence-electron chi connectivity index (χ0n) is 9.89. The van der Waals surface area contributed by atoms with E-state index in [4.69, 9.17) is 0 Å². The Bertz CT molecular complexity index is 437. The predicted octanol–water partition coefficient (Wildman–Crippen LogP) is 2.75. The molecule has 0 radical (unpaired) electrons. The summed E-state index contributed by atoms with van der Waals surface area (Å²) in [5, 5.41) is 15.6. The fourth-order valence-corrected chi connectivity index (χ4v) is 2.51. The minimum absolute atomic E-state index is 0.558. The Balaban J connectivity index is 1.86. The molecular weight excluding hydrogens is 230 g/mol. The third-order valence-electron chi connectivity index (χ3n) is 2.69. The first-order valence-electron chi connectivity index (χ1n) is 5.69. The highest BCUT2D eigenvalue weighted by molar-refractivity contribution is 7.10. The van der Waals surface area contributed by atoms with Gasteiger partial charge in [-0.3, -0.25) is 0 Å². The summed E-state index contributed by atoms with van der Waals surface area (Å²) in [6.45, 7) is 3.18. The van der Waals surface area contributed by atoms with Crippen LogP contribution in [0.15, 0.2) is 47.8 Å². The third kappa shape index (κ3) is 3.40. The lowest BCUT2D eigenvalue weighted by atomic mass is 10.1. The molecule has 1 atom stereocenters. The first kappa shape index (κ1) is 12.3. The zero-order chi connectivity index (χ0) is 12.1. The van der Waals surface area contributed by atoms with E-state index in [1.54, 1.807) is 11.3 Å². The monoisotopic (exact) mass is 247 g/mol. The van der Waals surface area contributed by atoms with Crippen LogP contribution in [0.4, 0.5) is 0 Å². The van der Waals surface area contributed by atoms with Crippen LogP contribution < -0.4 is 5.32 Å². The molecule has 0 aliphatic heterocycles. The van der Waals surface area contributed by atoms with Crippen LogP contribution in [0.2, 0.25) is 0 Å². The second kappa shape index (κ2) is 5.45. The van der Waals surface area contributed by atoms with Crippen molar-refractivity contribution in [2.45, 2.75) is 19.1 Å². The second-order valence-corrected chi connectivity index (χ2v) is 5.29. The minimum atomic E-state index is -0.789. The summed E-state index contributed by atoms with van der Waals surface area (Å²) < 4.78 is 0. The van der Waals surface area contributed by atoms with Gasteiger partial charge >= 0.3 is 0 Å². The van der Waals surface area contributed by atoms with Crippen molar-refractivity contribution in [1.29, 1.82) is 0 Å². The molecule has 2 rings (SSSR count). The third-order valence-corrected chi connectivity index (χ3v) is 3.82. The van der Waals surface area contributed by atoms with Crippen LogP contribution in [0.3, 0.4) is 0 Å². The largest absolute Gasteiger partial charge is 0.383 e. The fourth-order valence-electron chi connectivity index (χ4n) is 1.72. The number of benzene rings is 1. The van der Waals surface area contributed by atoms with Crippen LogP contribution in [0.25, 0.3) is 0 Å². The van der Waals surface area contributed by atoms with E-state index in [0.717, 1.165) is 11.4 Å². The van der Waals surface area contributed by atoms with E-state index < -0.39 is 5.60 Å². The highest BCUT2D eigenvalue weighted by Gasteiger charge is 2.23. The second-order valence-electron chi connectivity index (χ2n) is 4.34.